The summed E-state index contributed by atoms with van der Waals surface area (Å²) in [5.41, 5.74) is 7.58. The zero-order valence-electron chi connectivity index (χ0n) is 20.9. The molecule has 0 saturated heterocycles. The zero-order chi connectivity index (χ0) is 25.3. The van der Waals surface area contributed by atoms with Crippen molar-refractivity contribution in [3.05, 3.63) is 151 Å². The van der Waals surface area contributed by atoms with Gasteiger partial charge in [-0.25, -0.2) is 4.68 Å². The van der Waals surface area contributed by atoms with Gasteiger partial charge in [-0.05, 0) is 46.7 Å². The van der Waals surface area contributed by atoms with E-state index in [1.165, 1.54) is 10.8 Å². The number of benzene rings is 5. The summed E-state index contributed by atoms with van der Waals surface area (Å²) in [5, 5.41) is 14.9. The lowest BCUT2D eigenvalue weighted by molar-refractivity contribution is 0.709. The molecule has 0 amide bonds. The van der Waals surface area contributed by atoms with Crippen LogP contribution in [-0.4, -0.2) is 15.5 Å². The van der Waals surface area contributed by atoms with Crippen LogP contribution < -0.4 is 5.01 Å². The lowest BCUT2D eigenvalue weighted by Gasteiger charge is -2.23. The summed E-state index contributed by atoms with van der Waals surface area (Å²) in [6, 6.07) is 46.3. The first-order chi connectivity index (χ1) is 18.8. The highest BCUT2D eigenvalue weighted by molar-refractivity contribution is 6.03. The van der Waals surface area contributed by atoms with Gasteiger partial charge >= 0.3 is 0 Å². The molecule has 5 aromatic carbocycles. The van der Waals surface area contributed by atoms with Crippen molar-refractivity contribution >= 4 is 22.2 Å². The van der Waals surface area contributed by atoms with Crippen molar-refractivity contribution in [3.8, 4) is 16.9 Å². The molecular weight excluding hydrogens is 464 g/mol. The van der Waals surface area contributed by atoms with Crippen LogP contribution in [-0.2, 0) is 0 Å². The number of hydrogen-bond donors (Lipinski definition) is 0. The summed E-state index contributed by atoms with van der Waals surface area (Å²) in [5.74, 6) is 0. The van der Waals surface area contributed by atoms with Gasteiger partial charge in [0.15, 0.2) is 0 Å². The Morgan fingerprint density at radius 2 is 1.21 bits per heavy atom. The van der Waals surface area contributed by atoms with Crippen molar-refractivity contribution < 1.29 is 0 Å². The highest BCUT2D eigenvalue weighted by atomic mass is 15.5. The van der Waals surface area contributed by atoms with E-state index in [2.05, 4.69) is 126 Å². The molecular formula is C34H26N4. The van der Waals surface area contributed by atoms with Gasteiger partial charge in [-0.3, -0.25) is 5.01 Å². The Bertz CT molecular complexity index is 1740. The standard InChI is InChI=1S/C34H26N4/c1-4-13-26(14-5-1)32-23-33(38(35-32)30-18-8-3-9-19-30)31-24-37(29-16-6-2-7-17-29)36-34(31)28-21-20-25-12-10-11-15-27(25)22-28/h1-22,24,33H,23H2/t33-/m1/s1. The number of nitrogens with zero attached hydrogens (tertiary/aromatic N) is 4. The second kappa shape index (κ2) is 9.49. The molecule has 0 aliphatic carbocycles. The van der Waals surface area contributed by atoms with Gasteiger partial charge in [0.25, 0.3) is 0 Å². The maximum atomic E-state index is 5.17. The molecule has 7 rings (SSSR count). The van der Waals surface area contributed by atoms with Crippen LogP contribution in [0.1, 0.15) is 23.6 Å². The van der Waals surface area contributed by atoms with Gasteiger partial charge in [0.05, 0.1) is 28.8 Å². The summed E-state index contributed by atoms with van der Waals surface area (Å²) in [6.45, 7) is 0. The Kier molecular flexibility index (Phi) is 5.56. The van der Waals surface area contributed by atoms with Crippen LogP contribution in [0.15, 0.2) is 145 Å². The van der Waals surface area contributed by atoms with E-state index in [1.54, 1.807) is 0 Å². The van der Waals surface area contributed by atoms with Crippen molar-refractivity contribution in [1.82, 2.24) is 9.78 Å². The van der Waals surface area contributed by atoms with Crippen molar-refractivity contribution in [3.63, 3.8) is 0 Å². The Morgan fingerprint density at radius 1 is 0.579 bits per heavy atom. The molecule has 1 atom stereocenters. The van der Waals surface area contributed by atoms with Crippen LogP contribution in [0.3, 0.4) is 0 Å². The second-order valence-corrected chi connectivity index (χ2v) is 9.59. The average molecular weight is 491 g/mol. The minimum absolute atomic E-state index is 0.00605. The molecule has 0 unspecified atom stereocenters. The van der Waals surface area contributed by atoms with E-state index in [-0.39, 0.29) is 6.04 Å². The van der Waals surface area contributed by atoms with Crippen LogP contribution in [0.5, 0.6) is 0 Å². The number of anilines is 1. The minimum atomic E-state index is 0.00605. The molecule has 4 heteroatoms. The van der Waals surface area contributed by atoms with Gasteiger partial charge in [0.2, 0.25) is 0 Å². The van der Waals surface area contributed by atoms with Gasteiger partial charge in [0, 0.05) is 23.7 Å². The fourth-order valence-electron chi connectivity index (χ4n) is 5.28. The number of aromatic nitrogens is 2. The topological polar surface area (TPSA) is 33.4 Å². The Morgan fingerprint density at radius 3 is 1.95 bits per heavy atom. The molecule has 0 spiro atoms. The van der Waals surface area contributed by atoms with E-state index in [1.807, 2.05) is 22.9 Å². The Labute approximate surface area is 222 Å². The summed E-state index contributed by atoms with van der Waals surface area (Å²) in [7, 11) is 0. The van der Waals surface area contributed by atoms with Gasteiger partial charge in [0.1, 0.15) is 0 Å². The van der Waals surface area contributed by atoms with Crippen LogP contribution >= 0.6 is 0 Å². The average Bonchev–Trinajstić information content (AvgIpc) is 3.64. The smallest absolute Gasteiger partial charge is 0.0981 e. The number of fused-ring (bicyclic) bond motifs is 1. The van der Waals surface area contributed by atoms with E-state index in [0.717, 1.165) is 45.9 Å². The maximum absolute atomic E-state index is 5.17. The highest BCUT2D eigenvalue weighted by Gasteiger charge is 2.33. The molecule has 0 saturated carbocycles. The second-order valence-electron chi connectivity index (χ2n) is 9.59. The molecule has 4 nitrogen and oxygen atoms in total. The van der Waals surface area contributed by atoms with Crippen molar-refractivity contribution in [1.29, 1.82) is 0 Å². The SMILES string of the molecule is c1ccc(C2=NN(c3ccccc3)[C@@H](c3cn(-c4ccccc4)nc3-c3ccc4ccccc4c3)C2)cc1. The van der Waals surface area contributed by atoms with E-state index >= 15 is 0 Å². The van der Waals surface area contributed by atoms with Crippen molar-refractivity contribution in [2.24, 2.45) is 5.10 Å². The fraction of sp³-hybridized carbons (Fsp3) is 0.0588. The quantitative estimate of drug-likeness (QED) is 0.245. The highest BCUT2D eigenvalue weighted by Crippen LogP contribution is 2.41. The third kappa shape index (κ3) is 4.06. The van der Waals surface area contributed by atoms with Crippen LogP contribution in [0.2, 0.25) is 0 Å². The van der Waals surface area contributed by atoms with E-state index in [4.69, 9.17) is 10.2 Å². The number of hydrazone groups is 1. The molecule has 2 heterocycles. The van der Waals surface area contributed by atoms with Crippen LogP contribution in [0.4, 0.5) is 5.69 Å². The molecule has 1 aromatic heterocycles. The molecule has 0 radical (unpaired) electrons. The van der Waals surface area contributed by atoms with E-state index < -0.39 is 0 Å². The third-order valence-corrected chi connectivity index (χ3v) is 7.18. The number of para-hydroxylation sites is 2. The van der Waals surface area contributed by atoms with E-state index in [0.29, 0.717) is 0 Å². The van der Waals surface area contributed by atoms with Gasteiger partial charge in [-0.2, -0.15) is 10.2 Å². The molecule has 6 aromatic rings. The lowest BCUT2D eigenvalue weighted by atomic mass is 9.95. The molecule has 0 N–H and O–H groups in total. The molecule has 1 aliphatic heterocycles. The van der Waals surface area contributed by atoms with Gasteiger partial charge in [-0.1, -0.05) is 103 Å². The zero-order valence-corrected chi connectivity index (χ0v) is 20.9. The number of rotatable bonds is 5. The molecule has 0 fully saturated rings. The first-order valence-electron chi connectivity index (χ1n) is 12.9. The minimum Gasteiger partial charge on any atom is -0.257 e. The normalized spacial score (nSPS) is 15.1. The summed E-state index contributed by atoms with van der Waals surface area (Å²) < 4.78 is 2.00. The molecule has 0 bridgehead atoms. The number of hydrogen-bond acceptors (Lipinski definition) is 3. The predicted molar refractivity (Wildman–Crippen MR) is 156 cm³/mol. The van der Waals surface area contributed by atoms with Crippen molar-refractivity contribution in [2.75, 3.05) is 5.01 Å². The monoisotopic (exact) mass is 490 g/mol. The third-order valence-electron chi connectivity index (χ3n) is 7.18. The molecule has 38 heavy (non-hydrogen) atoms. The van der Waals surface area contributed by atoms with E-state index in [9.17, 15) is 0 Å². The summed E-state index contributed by atoms with van der Waals surface area (Å²) >= 11 is 0. The van der Waals surface area contributed by atoms with Crippen molar-refractivity contribution in [2.45, 2.75) is 12.5 Å². The first kappa shape index (κ1) is 22.3. The van der Waals surface area contributed by atoms with Gasteiger partial charge < -0.3 is 0 Å². The Hall–Kier alpha value is -4.96. The van der Waals surface area contributed by atoms with Crippen LogP contribution in [0, 0.1) is 0 Å². The lowest BCUT2D eigenvalue weighted by Crippen LogP contribution is -2.18. The largest absolute Gasteiger partial charge is 0.257 e. The fourth-order valence-corrected chi connectivity index (χ4v) is 5.28. The summed E-state index contributed by atoms with van der Waals surface area (Å²) in [4.78, 5) is 0. The molecule has 182 valence electrons. The predicted octanol–water partition coefficient (Wildman–Crippen LogP) is 8.05. The Balaban J connectivity index is 1.40. The van der Waals surface area contributed by atoms with Gasteiger partial charge in [-0.15, -0.1) is 0 Å². The molecule has 1 aliphatic rings. The maximum Gasteiger partial charge on any atom is 0.0981 e. The summed E-state index contributed by atoms with van der Waals surface area (Å²) in [6.07, 6.45) is 2.98. The van der Waals surface area contributed by atoms with Crippen LogP contribution in [0.25, 0.3) is 27.7 Å². The first-order valence-corrected chi connectivity index (χ1v) is 12.9.